The smallest absolute Gasteiger partial charge is 0.136 e. The van der Waals surface area contributed by atoms with Gasteiger partial charge in [0.1, 0.15) is 5.76 Å². The van der Waals surface area contributed by atoms with Crippen molar-refractivity contribution in [3.05, 3.63) is 49.2 Å². The van der Waals surface area contributed by atoms with Crippen LogP contribution in [0, 0.1) is 0 Å². The quantitative estimate of drug-likeness (QED) is 0.713. The topological polar surface area (TPSA) is 25.2 Å². The minimum absolute atomic E-state index is 0.509. The summed E-state index contributed by atoms with van der Waals surface area (Å²) >= 11 is 18.9. The number of hydrogen-bond acceptors (Lipinski definition) is 2. The molecule has 0 aliphatic rings. The molecule has 0 atom stereocenters. The average Bonchev–Trinajstić information content (AvgIpc) is 2.62. The molecule has 0 amide bonds. The zero-order chi connectivity index (χ0) is 12.4. The highest BCUT2D eigenvalue weighted by atomic mass is 79.9. The molecule has 17 heavy (non-hydrogen) atoms. The molecule has 0 saturated carbocycles. The second kappa shape index (κ2) is 5.65. The van der Waals surface area contributed by atoms with E-state index in [0.717, 1.165) is 14.7 Å². The molecule has 0 fully saturated rings. The van der Waals surface area contributed by atoms with Crippen LogP contribution in [0.1, 0.15) is 5.76 Å². The monoisotopic (exact) mass is 397 g/mol. The Morgan fingerprint density at radius 1 is 1.18 bits per heavy atom. The van der Waals surface area contributed by atoms with E-state index in [0.29, 0.717) is 22.3 Å². The first-order chi connectivity index (χ1) is 8.08. The molecule has 0 bridgehead atoms. The lowest BCUT2D eigenvalue weighted by Crippen LogP contribution is -2.00. The fourth-order valence-corrected chi connectivity index (χ4v) is 3.01. The van der Waals surface area contributed by atoms with Crippen LogP contribution >= 0.6 is 55.1 Å². The van der Waals surface area contributed by atoms with Gasteiger partial charge in [0, 0.05) is 4.47 Å². The number of halogens is 4. The average molecular weight is 400 g/mol. The standard InChI is InChI=1S/C11H7Br2Cl2NO/c12-6-3-8(14)11(9(15)4-6)16-5-10-7(13)1-2-17-10/h1-4,16H,5H2. The molecular formula is C11H7Br2Cl2NO. The number of hydrogen-bond donors (Lipinski definition) is 1. The van der Waals surface area contributed by atoms with E-state index in [-0.39, 0.29) is 0 Å². The summed E-state index contributed by atoms with van der Waals surface area (Å²) in [6.07, 6.45) is 1.62. The van der Waals surface area contributed by atoms with Crippen molar-refractivity contribution in [3.8, 4) is 0 Å². The molecule has 1 aromatic heterocycles. The molecule has 90 valence electrons. The van der Waals surface area contributed by atoms with Gasteiger partial charge in [-0.15, -0.1) is 0 Å². The Hall–Kier alpha value is -0.160. The van der Waals surface area contributed by atoms with Gasteiger partial charge in [0.2, 0.25) is 0 Å². The maximum absolute atomic E-state index is 6.10. The Morgan fingerprint density at radius 2 is 1.82 bits per heavy atom. The minimum Gasteiger partial charge on any atom is -0.466 e. The van der Waals surface area contributed by atoms with Crippen molar-refractivity contribution in [2.24, 2.45) is 0 Å². The molecule has 1 N–H and O–H groups in total. The van der Waals surface area contributed by atoms with Crippen molar-refractivity contribution in [1.29, 1.82) is 0 Å². The Kier molecular flexibility index (Phi) is 4.42. The Bertz CT molecular complexity index is 519. The van der Waals surface area contributed by atoms with E-state index >= 15 is 0 Å². The Labute approximate surface area is 126 Å². The number of anilines is 1. The highest BCUT2D eigenvalue weighted by molar-refractivity contribution is 9.10. The van der Waals surface area contributed by atoms with Crippen molar-refractivity contribution in [1.82, 2.24) is 0 Å². The van der Waals surface area contributed by atoms with Gasteiger partial charge in [-0.05, 0) is 34.1 Å². The van der Waals surface area contributed by atoms with E-state index < -0.39 is 0 Å². The maximum atomic E-state index is 6.10. The number of rotatable bonds is 3. The van der Waals surface area contributed by atoms with Crippen molar-refractivity contribution < 1.29 is 4.42 Å². The van der Waals surface area contributed by atoms with Crippen LogP contribution < -0.4 is 5.32 Å². The fraction of sp³-hybridized carbons (Fsp3) is 0.0909. The predicted octanol–water partition coefficient (Wildman–Crippen LogP) is 5.72. The molecule has 0 spiro atoms. The first kappa shape index (κ1) is 13.3. The van der Waals surface area contributed by atoms with Crippen molar-refractivity contribution in [2.45, 2.75) is 6.54 Å². The van der Waals surface area contributed by atoms with Gasteiger partial charge in [0.15, 0.2) is 0 Å². The molecule has 1 heterocycles. The summed E-state index contributed by atoms with van der Waals surface area (Å²) in [4.78, 5) is 0. The van der Waals surface area contributed by atoms with E-state index in [2.05, 4.69) is 37.2 Å². The van der Waals surface area contributed by atoms with Crippen LogP contribution in [-0.4, -0.2) is 0 Å². The van der Waals surface area contributed by atoms with Crippen LogP contribution in [0.25, 0.3) is 0 Å². The van der Waals surface area contributed by atoms with Gasteiger partial charge in [-0.25, -0.2) is 0 Å². The lowest BCUT2D eigenvalue weighted by molar-refractivity contribution is 0.516. The molecule has 1 aromatic carbocycles. The summed E-state index contributed by atoms with van der Waals surface area (Å²) in [5.74, 6) is 0.792. The lowest BCUT2D eigenvalue weighted by atomic mass is 10.3. The third-order valence-electron chi connectivity index (χ3n) is 2.12. The van der Waals surface area contributed by atoms with E-state index in [9.17, 15) is 0 Å². The molecule has 0 saturated heterocycles. The summed E-state index contributed by atoms with van der Waals surface area (Å²) < 4.78 is 7.04. The van der Waals surface area contributed by atoms with Gasteiger partial charge < -0.3 is 9.73 Å². The van der Waals surface area contributed by atoms with E-state index in [4.69, 9.17) is 27.6 Å². The van der Waals surface area contributed by atoms with Crippen LogP contribution in [0.15, 0.2) is 37.8 Å². The highest BCUT2D eigenvalue weighted by Gasteiger charge is 2.09. The first-order valence-corrected chi connectivity index (χ1v) is 7.02. The Balaban J connectivity index is 2.17. The fourth-order valence-electron chi connectivity index (χ4n) is 1.33. The van der Waals surface area contributed by atoms with E-state index in [1.807, 2.05) is 6.07 Å². The molecule has 2 aromatic rings. The number of nitrogens with one attached hydrogen (secondary N) is 1. The van der Waals surface area contributed by atoms with Gasteiger partial charge in [-0.3, -0.25) is 0 Å². The summed E-state index contributed by atoms with van der Waals surface area (Å²) in [7, 11) is 0. The number of benzene rings is 1. The normalized spacial score (nSPS) is 10.6. The molecule has 6 heteroatoms. The SMILES string of the molecule is Clc1cc(Br)cc(Cl)c1NCc1occc1Br. The lowest BCUT2D eigenvalue weighted by Gasteiger charge is -2.10. The van der Waals surface area contributed by atoms with Crippen molar-refractivity contribution >= 4 is 60.7 Å². The summed E-state index contributed by atoms with van der Waals surface area (Å²) in [5.41, 5.74) is 0.694. The van der Waals surface area contributed by atoms with Gasteiger partial charge in [-0.2, -0.15) is 0 Å². The molecular weight excluding hydrogens is 393 g/mol. The predicted molar refractivity (Wildman–Crippen MR) is 77.9 cm³/mol. The molecule has 0 radical (unpaired) electrons. The van der Waals surface area contributed by atoms with Gasteiger partial charge >= 0.3 is 0 Å². The summed E-state index contributed by atoms with van der Waals surface area (Å²) in [6, 6.07) is 5.40. The zero-order valence-electron chi connectivity index (χ0n) is 8.44. The zero-order valence-corrected chi connectivity index (χ0v) is 13.1. The van der Waals surface area contributed by atoms with Crippen LogP contribution in [0.3, 0.4) is 0 Å². The molecule has 0 unspecified atom stereocenters. The van der Waals surface area contributed by atoms with Crippen LogP contribution in [0.2, 0.25) is 10.0 Å². The molecule has 0 aliphatic heterocycles. The van der Waals surface area contributed by atoms with Crippen LogP contribution in [-0.2, 0) is 6.54 Å². The van der Waals surface area contributed by atoms with Gasteiger partial charge in [0.25, 0.3) is 0 Å². The van der Waals surface area contributed by atoms with Crippen LogP contribution in [0.5, 0.6) is 0 Å². The maximum Gasteiger partial charge on any atom is 0.136 e. The first-order valence-electron chi connectivity index (χ1n) is 4.68. The van der Waals surface area contributed by atoms with Crippen molar-refractivity contribution in [3.63, 3.8) is 0 Å². The minimum atomic E-state index is 0.509. The molecule has 0 aliphatic carbocycles. The second-order valence-corrected chi connectivity index (χ2v) is 5.87. The van der Waals surface area contributed by atoms with Gasteiger partial charge in [0.05, 0.1) is 33.0 Å². The third kappa shape index (κ3) is 3.19. The molecule has 2 rings (SSSR count). The van der Waals surface area contributed by atoms with E-state index in [1.54, 1.807) is 18.4 Å². The third-order valence-corrected chi connectivity index (χ3v) is 3.88. The van der Waals surface area contributed by atoms with Gasteiger partial charge in [-0.1, -0.05) is 39.1 Å². The van der Waals surface area contributed by atoms with E-state index in [1.165, 1.54) is 0 Å². The largest absolute Gasteiger partial charge is 0.466 e. The second-order valence-electron chi connectivity index (χ2n) is 3.29. The number of furan rings is 1. The van der Waals surface area contributed by atoms with Crippen molar-refractivity contribution in [2.75, 3.05) is 5.32 Å². The highest BCUT2D eigenvalue weighted by Crippen LogP contribution is 2.34. The van der Waals surface area contributed by atoms with Crippen LogP contribution in [0.4, 0.5) is 5.69 Å². The summed E-state index contributed by atoms with van der Waals surface area (Å²) in [6.45, 7) is 0.509. The summed E-state index contributed by atoms with van der Waals surface area (Å²) in [5, 5.41) is 4.27. The molecule has 2 nitrogen and oxygen atoms in total. The Morgan fingerprint density at radius 3 is 2.35 bits per heavy atom.